The number of nitrogens with one attached hydrogen (secondary N) is 4. The average molecular weight is 430 g/mol. The van der Waals surface area contributed by atoms with Crippen molar-refractivity contribution < 1.29 is 24.3 Å². The molecule has 166 valence electrons. The first-order valence-electron chi connectivity index (χ1n) is 9.63. The topological polar surface area (TPSA) is 179 Å². The highest BCUT2D eigenvalue weighted by atomic mass is 16.4. The van der Waals surface area contributed by atoms with E-state index >= 15 is 0 Å². The van der Waals surface area contributed by atoms with Crippen LogP contribution in [0.5, 0.6) is 0 Å². The highest BCUT2D eigenvalue weighted by Gasteiger charge is 2.28. The largest absolute Gasteiger partial charge is 0.480 e. The smallest absolute Gasteiger partial charge is 0.322 e. The number of carboxylic acid groups (broad SMARTS) is 1. The Kier molecular flexibility index (Phi) is 8.70. The van der Waals surface area contributed by atoms with E-state index in [0.29, 0.717) is 5.69 Å². The number of aromatic nitrogens is 2. The second-order valence-electron chi connectivity index (χ2n) is 6.99. The summed E-state index contributed by atoms with van der Waals surface area (Å²) in [5.41, 5.74) is 6.96. The maximum atomic E-state index is 13.0. The first-order valence-corrected chi connectivity index (χ1v) is 9.63. The minimum atomic E-state index is -1.21. The highest BCUT2D eigenvalue weighted by molar-refractivity contribution is 5.93. The second kappa shape index (κ2) is 11.5. The normalized spacial score (nSPS) is 13.5. The summed E-state index contributed by atoms with van der Waals surface area (Å²) in [6.07, 6.45) is 3.18. The summed E-state index contributed by atoms with van der Waals surface area (Å²) in [6, 6.07) is 6.03. The van der Waals surface area contributed by atoms with Crippen molar-refractivity contribution in [3.05, 3.63) is 54.1 Å². The number of H-pyrrole nitrogens is 1. The lowest BCUT2D eigenvalue weighted by atomic mass is 10.0. The SMILES string of the molecule is CC(N)C(=O)NC(Cc1cnc[nH]1)C(=O)NC(Cc1ccccc1)C(=O)NCC(=O)O. The van der Waals surface area contributed by atoms with Crippen LogP contribution >= 0.6 is 0 Å². The summed E-state index contributed by atoms with van der Waals surface area (Å²) in [5, 5.41) is 16.3. The van der Waals surface area contributed by atoms with Gasteiger partial charge in [0.15, 0.2) is 0 Å². The van der Waals surface area contributed by atoms with Gasteiger partial charge in [-0.15, -0.1) is 0 Å². The van der Waals surface area contributed by atoms with E-state index in [0.717, 1.165) is 5.56 Å². The third kappa shape index (κ3) is 7.90. The van der Waals surface area contributed by atoms with E-state index in [4.69, 9.17) is 10.8 Å². The Labute approximate surface area is 178 Å². The molecule has 0 aliphatic heterocycles. The minimum absolute atomic E-state index is 0.0963. The van der Waals surface area contributed by atoms with E-state index in [-0.39, 0.29) is 12.8 Å². The van der Waals surface area contributed by atoms with Crippen LogP contribution < -0.4 is 21.7 Å². The van der Waals surface area contributed by atoms with Crippen LogP contribution in [0.25, 0.3) is 0 Å². The van der Waals surface area contributed by atoms with E-state index in [1.807, 2.05) is 6.07 Å². The molecule has 31 heavy (non-hydrogen) atoms. The van der Waals surface area contributed by atoms with Crippen LogP contribution in [0.1, 0.15) is 18.2 Å². The van der Waals surface area contributed by atoms with Gasteiger partial charge in [0, 0.05) is 24.7 Å². The molecule has 11 heteroatoms. The number of hydrogen-bond acceptors (Lipinski definition) is 6. The molecule has 0 spiro atoms. The van der Waals surface area contributed by atoms with Gasteiger partial charge in [0.1, 0.15) is 18.6 Å². The van der Waals surface area contributed by atoms with Crippen LogP contribution in [-0.2, 0) is 32.0 Å². The van der Waals surface area contributed by atoms with Crippen molar-refractivity contribution in [2.75, 3.05) is 6.54 Å². The van der Waals surface area contributed by atoms with Gasteiger partial charge in [-0.1, -0.05) is 30.3 Å². The lowest BCUT2D eigenvalue weighted by molar-refractivity contribution is -0.138. The zero-order valence-corrected chi connectivity index (χ0v) is 17.0. The van der Waals surface area contributed by atoms with Gasteiger partial charge >= 0.3 is 5.97 Å². The Morgan fingerprint density at radius 2 is 1.68 bits per heavy atom. The summed E-state index contributed by atoms with van der Waals surface area (Å²) in [5.74, 6) is -3.01. The maximum absolute atomic E-state index is 13.0. The van der Waals surface area contributed by atoms with Gasteiger partial charge in [-0.05, 0) is 12.5 Å². The van der Waals surface area contributed by atoms with Crippen molar-refractivity contribution in [2.45, 2.75) is 37.9 Å². The van der Waals surface area contributed by atoms with Crippen LogP contribution in [0.2, 0.25) is 0 Å². The van der Waals surface area contributed by atoms with Crippen LogP contribution in [0.4, 0.5) is 0 Å². The Hall–Kier alpha value is -3.73. The fourth-order valence-electron chi connectivity index (χ4n) is 2.75. The van der Waals surface area contributed by atoms with Gasteiger partial charge in [-0.2, -0.15) is 0 Å². The van der Waals surface area contributed by atoms with Gasteiger partial charge < -0.3 is 31.8 Å². The molecule has 0 saturated carbocycles. The summed E-state index contributed by atoms with van der Waals surface area (Å²) in [4.78, 5) is 55.2. The fourth-order valence-corrected chi connectivity index (χ4v) is 2.75. The van der Waals surface area contributed by atoms with Gasteiger partial charge in [0.05, 0.1) is 12.4 Å². The van der Waals surface area contributed by atoms with E-state index in [1.165, 1.54) is 19.4 Å². The van der Waals surface area contributed by atoms with Gasteiger partial charge in [0.2, 0.25) is 17.7 Å². The number of carbonyl (C=O) groups excluding carboxylic acids is 3. The van der Waals surface area contributed by atoms with Crippen molar-refractivity contribution in [1.82, 2.24) is 25.9 Å². The summed E-state index contributed by atoms with van der Waals surface area (Å²) in [6.45, 7) is 0.900. The minimum Gasteiger partial charge on any atom is -0.480 e. The molecule has 0 radical (unpaired) electrons. The number of carbonyl (C=O) groups is 4. The van der Waals surface area contributed by atoms with Crippen molar-refractivity contribution in [2.24, 2.45) is 5.73 Å². The first kappa shape index (κ1) is 23.5. The fraction of sp³-hybridized carbons (Fsp3) is 0.350. The number of amides is 3. The van der Waals surface area contributed by atoms with Gasteiger partial charge in [0.25, 0.3) is 0 Å². The average Bonchev–Trinajstić information content (AvgIpc) is 3.24. The van der Waals surface area contributed by atoms with Crippen LogP contribution in [-0.4, -0.2) is 63.4 Å². The van der Waals surface area contributed by atoms with Crippen LogP contribution in [0.15, 0.2) is 42.9 Å². The van der Waals surface area contributed by atoms with Crippen molar-refractivity contribution in [1.29, 1.82) is 0 Å². The molecule has 1 aromatic carbocycles. The molecule has 0 bridgehead atoms. The molecule has 0 aliphatic carbocycles. The number of nitrogens with two attached hydrogens (primary N) is 1. The lowest BCUT2D eigenvalue weighted by Crippen LogP contribution is -2.57. The number of hydrogen-bond donors (Lipinski definition) is 6. The molecule has 2 rings (SSSR count). The molecule has 3 atom stereocenters. The second-order valence-corrected chi connectivity index (χ2v) is 6.99. The van der Waals surface area contributed by atoms with Crippen molar-refractivity contribution in [3.8, 4) is 0 Å². The number of aliphatic carboxylic acids is 1. The molecule has 0 saturated heterocycles. The Bertz CT molecular complexity index is 885. The molecule has 3 amide bonds. The molecule has 11 nitrogen and oxygen atoms in total. The predicted octanol–water partition coefficient (Wildman–Crippen LogP) is -1.29. The standard InChI is InChI=1S/C20H26N6O5/c1-12(21)18(29)25-16(8-14-9-22-11-24-14)20(31)26-15(19(30)23-10-17(27)28)7-13-5-3-2-4-6-13/h2-6,9,11-12,15-16H,7-8,10,21H2,1H3,(H,22,24)(H,23,30)(H,25,29)(H,26,31)(H,27,28). The number of imidazole rings is 1. The van der Waals surface area contributed by atoms with Gasteiger partial charge in [-0.3, -0.25) is 19.2 Å². The summed E-state index contributed by atoms with van der Waals surface area (Å²) < 4.78 is 0. The highest BCUT2D eigenvalue weighted by Crippen LogP contribution is 2.06. The van der Waals surface area contributed by atoms with Crippen molar-refractivity contribution in [3.63, 3.8) is 0 Å². The zero-order valence-electron chi connectivity index (χ0n) is 17.0. The Morgan fingerprint density at radius 3 is 2.26 bits per heavy atom. The third-order valence-electron chi connectivity index (χ3n) is 4.35. The Balaban J connectivity index is 2.18. The molecule has 1 heterocycles. The molecular weight excluding hydrogens is 404 g/mol. The van der Waals surface area contributed by atoms with Crippen LogP contribution in [0, 0.1) is 0 Å². The van der Waals surface area contributed by atoms with E-state index in [1.54, 1.807) is 24.3 Å². The zero-order chi connectivity index (χ0) is 22.8. The monoisotopic (exact) mass is 430 g/mol. The number of carboxylic acids is 1. The molecule has 0 aliphatic rings. The predicted molar refractivity (Wildman–Crippen MR) is 111 cm³/mol. The molecular formula is C20H26N6O5. The van der Waals surface area contributed by atoms with E-state index < -0.39 is 48.4 Å². The maximum Gasteiger partial charge on any atom is 0.322 e. The summed E-state index contributed by atoms with van der Waals surface area (Å²) in [7, 11) is 0. The molecule has 2 aromatic rings. The molecule has 3 unspecified atom stereocenters. The van der Waals surface area contributed by atoms with Crippen molar-refractivity contribution >= 4 is 23.7 Å². The molecule has 7 N–H and O–H groups in total. The number of benzene rings is 1. The molecule has 1 aromatic heterocycles. The molecule has 0 fully saturated rings. The van der Waals surface area contributed by atoms with E-state index in [2.05, 4.69) is 25.9 Å². The Morgan fingerprint density at radius 1 is 1.03 bits per heavy atom. The number of nitrogens with zero attached hydrogens (tertiary/aromatic N) is 1. The first-order chi connectivity index (χ1) is 14.8. The lowest BCUT2D eigenvalue weighted by Gasteiger charge is -2.23. The third-order valence-corrected chi connectivity index (χ3v) is 4.35. The number of aromatic amines is 1. The van der Waals surface area contributed by atoms with E-state index in [9.17, 15) is 19.2 Å². The summed E-state index contributed by atoms with van der Waals surface area (Å²) >= 11 is 0. The van der Waals surface area contributed by atoms with Crippen LogP contribution in [0.3, 0.4) is 0 Å². The number of rotatable bonds is 11. The van der Waals surface area contributed by atoms with Gasteiger partial charge in [-0.25, -0.2) is 4.98 Å². The quantitative estimate of drug-likeness (QED) is 0.257.